The molecule has 3 heteroatoms. The van der Waals surface area contributed by atoms with E-state index in [1.165, 1.54) is 36.8 Å². The zero-order valence-electron chi connectivity index (χ0n) is 12.8. The van der Waals surface area contributed by atoms with E-state index in [1.807, 2.05) is 0 Å². The van der Waals surface area contributed by atoms with Crippen LogP contribution < -0.4 is 5.32 Å². The van der Waals surface area contributed by atoms with Gasteiger partial charge in [-0.2, -0.15) is 0 Å². The van der Waals surface area contributed by atoms with Gasteiger partial charge in [-0.15, -0.1) is 0 Å². The van der Waals surface area contributed by atoms with E-state index in [0.29, 0.717) is 5.91 Å². The van der Waals surface area contributed by atoms with Gasteiger partial charge in [-0.3, -0.25) is 10.1 Å². The lowest BCUT2D eigenvalue weighted by atomic mass is 9.83. The molecular formula is C18H24N2O. The molecule has 112 valence electrons. The van der Waals surface area contributed by atoms with Crippen LogP contribution >= 0.6 is 0 Å². The van der Waals surface area contributed by atoms with Crippen LogP contribution in [0.4, 0.5) is 0 Å². The SMILES string of the molecule is Cc1cccc(C2NC3(CC3)C(=O)N2CCC2CCC2)c1. The Kier molecular flexibility index (Phi) is 3.07. The number of nitrogens with zero attached hydrogens (tertiary/aromatic N) is 1. The number of hydrogen-bond acceptors (Lipinski definition) is 2. The van der Waals surface area contributed by atoms with Gasteiger partial charge in [0.05, 0.1) is 0 Å². The Morgan fingerprint density at radius 1 is 1.33 bits per heavy atom. The number of benzene rings is 1. The van der Waals surface area contributed by atoms with Crippen LogP contribution in [0, 0.1) is 12.8 Å². The van der Waals surface area contributed by atoms with Crippen molar-refractivity contribution in [2.45, 2.75) is 57.2 Å². The molecule has 1 atom stereocenters. The molecule has 1 aromatic rings. The van der Waals surface area contributed by atoms with Gasteiger partial charge in [-0.25, -0.2) is 0 Å². The molecular weight excluding hydrogens is 260 g/mol. The number of amides is 1. The molecule has 3 fully saturated rings. The van der Waals surface area contributed by atoms with Crippen LogP contribution in [0.25, 0.3) is 0 Å². The third kappa shape index (κ3) is 2.28. The van der Waals surface area contributed by atoms with Gasteiger partial charge in [0.25, 0.3) is 0 Å². The molecule has 4 rings (SSSR count). The van der Waals surface area contributed by atoms with Crippen molar-refractivity contribution in [2.24, 2.45) is 5.92 Å². The Morgan fingerprint density at radius 3 is 2.76 bits per heavy atom. The molecule has 1 amide bonds. The average Bonchev–Trinajstić information content (AvgIpc) is 3.14. The lowest BCUT2D eigenvalue weighted by Gasteiger charge is -2.30. The predicted octanol–water partition coefficient (Wildman–Crippen LogP) is 3.15. The second-order valence-electron chi connectivity index (χ2n) is 7.13. The highest BCUT2D eigenvalue weighted by Crippen LogP contribution is 2.46. The van der Waals surface area contributed by atoms with Crippen molar-refractivity contribution in [3.8, 4) is 0 Å². The largest absolute Gasteiger partial charge is 0.321 e. The van der Waals surface area contributed by atoms with E-state index >= 15 is 0 Å². The van der Waals surface area contributed by atoms with Crippen LogP contribution in [0.3, 0.4) is 0 Å². The Morgan fingerprint density at radius 2 is 2.14 bits per heavy atom. The first kappa shape index (κ1) is 13.3. The molecule has 3 aliphatic rings. The summed E-state index contributed by atoms with van der Waals surface area (Å²) >= 11 is 0. The fourth-order valence-electron chi connectivity index (χ4n) is 3.71. The van der Waals surface area contributed by atoms with Crippen molar-refractivity contribution in [2.75, 3.05) is 6.54 Å². The summed E-state index contributed by atoms with van der Waals surface area (Å²) in [7, 11) is 0. The molecule has 1 heterocycles. The first-order chi connectivity index (χ1) is 10.2. The molecule has 0 aromatic heterocycles. The molecule has 1 unspecified atom stereocenters. The summed E-state index contributed by atoms with van der Waals surface area (Å²) in [5.41, 5.74) is 2.28. The van der Waals surface area contributed by atoms with Gasteiger partial charge < -0.3 is 4.90 Å². The first-order valence-electron chi connectivity index (χ1n) is 8.33. The van der Waals surface area contributed by atoms with Crippen molar-refractivity contribution < 1.29 is 4.79 Å². The molecule has 0 radical (unpaired) electrons. The van der Waals surface area contributed by atoms with Crippen LogP contribution in [-0.4, -0.2) is 22.9 Å². The standard InChI is InChI=1S/C18H24N2O/c1-13-4-2-7-15(12-13)16-19-18(9-10-18)17(21)20(16)11-8-14-5-3-6-14/h2,4,7,12,14,16,19H,3,5-6,8-11H2,1H3. The van der Waals surface area contributed by atoms with Crippen LogP contribution in [0.1, 0.15) is 55.8 Å². The number of carbonyl (C=O) groups excluding carboxylic acids is 1. The summed E-state index contributed by atoms with van der Waals surface area (Å²) in [6.07, 6.45) is 7.36. The minimum Gasteiger partial charge on any atom is -0.321 e. The minimum absolute atomic E-state index is 0.0833. The van der Waals surface area contributed by atoms with Gasteiger partial charge in [0.2, 0.25) is 5.91 Å². The van der Waals surface area contributed by atoms with E-state index in [1.54, 1.807) is 0 Å². The van der Waals surface area contributed by atoms with Crippen LogP contribution in [0.5, 0.6) is 0 Å². The predicted molar refractivity (Wildman–Crippen MR) is 82.7 cm³/mol. The maximum absolute atomic E-state index is 12.7. The molecule has 0 bridgehead atoms. The zero-order chi connectivity index (χ0) is 14.4. The van der Waals surface area contributed by atoms with Crippen molar-refractivity contribution in [1.82, 2.24) is 10.2 Å². The number of carbonyl (C=O) groups is 1. The monoisotopic (exact) mass is 284 g/mol. The normalized spacial score (nSPS) is 27.2. The summed E-state index contributed by atoms with van der Waals surface area (Å²) < 4.78 is 0. The number of hydrogen-bond donors (Lipinski definition) is 1. The highest BCUT2D eigenvalue weighted by molar-refractivity contribution is 5.92. The summed E-state index contributed by atoms with van der Waals surface area (Å²) in [6.45, 7) is 3.03. The summed E-state index contributed by atoms with van der Waals surface area (Å²) in [5.74, 6) is 1.19. The van der Waals surface area contributed by atoms with E-state index in [0.717, 1.165) is 25.3 Å². The molecule has 21 heavy (non-hydrogen) atoms. The Balaban J connectivity index is 1.55. The fourth-order valence-corrected chi connectivity index (χ4v) is 3.71. The van der Waals surface area contributed by atoms with E-state index in [9.17, 15) is 4.79 Å². The minimum atomic E-state index is -0.214. The smallest absolute Gasteiger partial charge is 0.244 e. The second-order valence-corrected chi connectivity index (χ2v) is 7.13. The third-order valence-electron chi connectivity index (χ3n) is 5.51. The van der Waals surface area contributed by atoms with Crippen molar-refractivity contribution in [3.05, 3.63) is 35.4 Å². The molecule has 2 aliphatic carbocycles. The fraction of sp³-hybridized carbons (Fsp3) is 0.611. The molecule has 1 N–H and O–H groups in total. The van der Waals surface area contributed by atoms with E-state index < -0.39 is 0 Å². The van der Waals surface area contributed by atoms with Crippen LogP contribution in [0.2, 0.25) is 0 Å². The van der Waals surface area contributed by atoms with Crippen molar-refractivity contribution in [1.29, 1.82) is 0 Å². The Hall–Kier alpha value is -1.35. The highest BCUT2D eigenvalue weighted by Gasteiger charge is 2.59. The lowest BCUT2D eigenvalue weighted by Crippen LogP contribution is -2.34. The Labute approximate surface area is 126 Å². The van der Waals surface area contributed by atoms with Gasteiger partial charge in [0, 0.05) is 6.54 Å². The van der Waals surface area contributed by atoms with E-state index in [-0.39, 0.29) is 11.7 Å². The van der Waals surface area contributed by atoms with Crippen molar-refractivity contribution in [3.63, 3.8) is 0 Å². The molecule has 2 saturated carbocycles. The highest BCUT2D eigenvalue weighted by atomic mass is 16.2. The molecule has 1 aliphatic heterocycles. The molecule has 1 spiro atoms. The third-order valence-corrected chi connectivity index (χ3v) is 5.51. The maximum Gasteiger partial charge on any atom is 0.244 e. The number of nitrogens with one attached hydrogen (secondary N) is 1. The quantitative estimate of drug-likeness (QED) is 0.921. The zero-order valence-corrected chi connectivity index (χ0v) is 12.8. The maximum atomic E-state index is 12.7. The van der Waals surface area contributed by atoms with Gasteiger partial charge in [0.1, 0.15) is 11.7 Å². The Bertz CT molecular complexity index is 560. The van der Waals surface area contributed by atoms with Gasteiger partial charge in [0.15, 0.2) is 0 Å². The first-order valence-corrected chi connectivity index (χ1v) is 8.33. The topological polar surface area (TPSA) is 32.3 Å². The van der Waals surface area contributed by atoms with Gasteiger partial charge >= 0.3 is 0 Å². The summed E-state index contributed by atoms with van der Waals surface area (Å²) in [4.78, 5) is 14.9. The van der Waals surface area contributed by atoms with Crippen molar-refractivity contribution >= 4 is 5.91 Å². The summed E-state index contributed by atoms with van der Waals surface area (Å²) in [5, 5.41) is 3.62. The van der Waals surface area contributed by atoms with E-state index in [2.05, 4.69) is 41.4 Å². The molecule has 1 saturated heterocycles. The number of rotatable bonds is 4. The molecule has 1 aromatic carbocycles. The molecule has 3 nitrogen and oxygen atoms in total. The number of aryl methyl sites for hydroxylation is 1. The van der Waals surface area contributed by atoms with E-state index in [4.69, 9.17) is 0 Å². The van der Waals surface area contributed by atoms with Gasteiger partial charge in [-0.1, -0.05) is 49.1 Å². The van der Waals surface area contributed by atoms with Gasteiger partial charge in [-0.05, 0) is 37.7 Å². The van der Waals surface area contributed by atoms with Crippen LogP contribution in [-0.2, 0) is 4.79 Å². The van der Waals surface area contributed by atoms with Crippen LogP contribution in [0.15, 0.2) is 24.3 Å². The lowest BCUT2D eigenvalue weighted by molar-refractivity contribution is -0.131. The average molecular weight is 284 g/mol. The second kappa shape index (κ2) is 4.84. The summed E-state index contributed by atoms with van der Waals surface area (Å²) in [6, 6.07) is 8.57.